The quantitative estimate of drug-likeness (QED) is 0.924. The molecule has 1 heterocycles. The summed E-state index contributed by atoms with van der Waals surface area (Å²) < 4.78 is 1.03. The average Bonchev–Trinajstić information content (AvgIpc) is 2.34. The average molecular weight is 332 g/mol. The molecule has 0 spiro atoms. The van der Waals surface area contributed by atoms with Gasteiger partial charge in [0, 0.05) is 42.1 Å². The van der Waals surface area contributed by atoms with Gasteiger partial charge in [0.05, 0.1) is 0 Å². The second-order valence-corrected chi connectivity index (χ2v) is 5.95. The molecule has 1 aromatic carbocycles. The van der Waals surface area contributed by atoms with Crippen molar-refractivity contribution >= 4 is 33.4 Å². The molecule has 0 radical (unpaired) electrons. The minimum atomic E-state index is 0.230. The lowest BCUT2D eigenvalue weighted by atomic mass is 10.1. The maximum atomic E-state index is 11.4. The molecule has 0 aromatic heterocycles. The van der Waals surface area contributed by atoms with Crippen molar-refractivity contribution in [2.45, 2.75) is 25.4 Å². The van der Waals surface area contributed by atoms with E-state index in [1.54, 1.807) is 4.90 Å². The third kappa shape index (κ3) is 3.46. The zero-order chi connectivity index (χ0) is 13.1. The van der Waals surface area contributed by atoms with Crippen LogP contribution in [0.15, 0.2) is 22.7 Å². The summed E-state index contributed by atoms with van der Waals surface area (Å²) in [6, 6.07) is 6.19. The number of carbonyl (C=O) groups is 1. The first-order chi connectivity index (χ1) is 8.56. The molecule has 1 aliphatic rings. The van der Waals surface area contributed by atoms with Crippen LogP contribution in [-0.4, -0.2) is 30.4 Å². The van der Waals surface area contributed by atoms with Gasteiger partial charge < -0.3 is 10.2 Å². The SMILES string of the molecule is CN1CC(NCc2cc(Br)ccc2Cl)CCC1=O. The highest BCUT2D eigenvalue weighted by atomic mass is 79.9. The number of likely N-dealkylation sites (tertiary alicyclic amines) is 1. The number of carbonyl (C=O) groups excluding carboxylic acids is 1. The van der Waals surface area contributed by atoms with Crippen molar-refractivity contribution in [2.24, 2.45) is 0 Å². The van der Waals surface area contributed by atoms with Gasteiger partial charge in [-0.1, -0.05) is 27.5 Å². The molecule has 1 aliphatic heterocycles. The van der Waals surface area contributed by atoms with Gasteiger partial charge in [-0.25, -0.2) is 0 Å². The van der Waals surface area contributed by atoms with Crippen LogP contribution in [0.1, 0.15) is 18.4 Å². The van der Waals surface area contributed by atoms with Gasteiger partial charge in [-0.3, -0.25) is 4.79 Å². The molecule has 1 atom stereocenters. The maximum absolute atomic E-state index is 11.4. The summed E-state index contributed by atoms with van der Waals surface area (Å²) in [7, 11) is 1.85. The Morgan fingerprint density at radius 2 is 2.33 bits per heavy atom. The molecule has 3 nitrogen and oxygen atoms in total. The molecule has 1 aromatic rings. The fourth-order valence-electron chi connectivity index (χ4n) is 2.11. The van der Waals surface area contributed by atoms with E-state index >= 15 is 0 Å². The zero-order valence-electron chi connectivity index (χ0n) is 10.2. The highest BCUT2D eigenvalue weighted by Gasteiger charge is 2.22. The first kappa shape index (κ1) is 13.8. The first-order valence-electron chi connectivity index (χ1n) is 5.97. The molecule has 0 aliphatic carbocycles. The van der Waals surface area contributed by atoms with Crippen molar-refractivity contribution in [1.82, 2.24) is 10.2 Å². The van der Waals surface area contributed by atoms with Crippen molar-refractivity contribution in [3.63, 3.8) is 0 Å². The van der Waals surface area contributed by atoms with Crippen molar-refractivity contribution in [3.8, 4) is 0 Å². The molecule has 1 N–H and O–H groups in total. The van der Waals surface area contributed by atoms with Crippen molar-refractivity contribution in [3.05, 3.63) is 33.3 Å². The standard InChI is InChI=1S/C13H16BrClN2O/c1-17-8-11(3-5-13(17)18)16-7-9-6-10(14)2-4-12(9)15/h2,4,6,11,16H,3,5,7-8H2,1H3. The number of rotatable bonds is 3. The summed E-state index contributed by atoms with van der Waals surface area (Å²) in [6.45, 7) is 1.50. The number of nitrogens with zero attached hydrogens (tertiary/aromatic N) is 1. The van der Waals surface area contributed by atoms with E-state index in [9.17, 15) is 4.79 Å². The van der Waals surface area contributed by atoms with Crippen LogP contribution in [-0.2, 0) is 11.3 Å². The largest absolute Gasteiger partial charge is 0.344 e. The number of hydrogen-bond donors (Lipinski definition) is 1. The normalized spacial score (nSPS) is 20.3. The minimum absolute atomic E-state index is 0.230. The fraction of sp³-hybridized carbons (Fsp3) is 0.462. The first-order valence-corrected chi connectivity index (χ1v) is 7.14. The van der Waals surface area contributed by atoms with Crippen LogP contribution in [0.2, 0.25) is 5.02 Å². The summed E-state index contributed by atoms with van der Waals surface area (Å²) in [5.74, 6) is 0.230. The number of nitrogens with one attached hydrogen (secondary N) is 1. The molecular weight excluding hydrogens is 316 g/mol. The predicted octanol–water partition coefficient (Wildman–Crippen LogP) is 2.81. The topological polar surface area (TPSA) is 32.3 Å². The summed E-state index contributed by atoms with van der Waals surface area (Å²) in [5.41, 5.74) is 1.07. The zero-order valence-corrected chi connectivity index (χ0v) is 12.6. The second kappa shape index (κ2) is 6.04. The lowest BCUT2D eigenvalue weighted by Gasteiger charge is -2.30. The van der Waals surface area contributed by atoms with Gasteiger partial charge in [0.1, 0.15) is 0 Å². The van der Waals surface area contributed by atoms with Crippen molar-refractivity contribution in [2.75, 3.05) is 13.6 Å². The number of piperidine rings is 1. The van der Waals surface area contributed by atoms with E-state index in [0.29, 0.717) is 12.5 Å². The Kier molecular flexibility index (Phi) is 4.65. The number of likely N-dealkylation sites (N-methyl/N-ethyl adjacent to an activating group) is 1. The molecule has 0 saturated carbocycles. The maximum Gasteiger partial charge on any atom is 0.222 e. The van der Waals surface area contributed by atoms with Crippen LogP contribution in [0.5, 0.6) is 0 Å². The Balaban J connectivity index is 1.91. The van der Waals surface area contributed by atoms with Gasteiger partial charge in [-0.05, 0) is 30.2 Å². The molecule has 18 heavy (non-hydrogen) atoms. The minimum Gasteiger partial charge on any atom is -0.344 e. The molecule has 2 rings (SSSR count). The highest BCUT2D eigenvalue weighted by Crippen LogP contribution is 2.21. The van der Waals surface area contributed by atoms with E-state index < -0.39 is 0 Å². The molecule has 98 valence electrons. The van der Waals surface area contributed by atoms with Crippen LogP contribution < -0.4 is 5.32 Å². The van der Waals surface area contributed by atoms with Crippen molar-refractivity contribution in [1.29, 1.82) is 0 Å². The van der Waals surface area contributed by atoms with Gasteiger partial charge in [0.15, 0.2) is 0 Å². The van der Waals surface area contributed by atoms with Gasteiger partial charge in [-0.2, -0.15) is 0 Å². The summed E-state index contributed by atoms with van der Waals surface area (Å²) in [5, 5.41) is 4.23. The van der Waals surface area contributed by atoms with Gasteiger partial charge in [-0.15, -0.1) is 0 Å². The monoisotopic (exact) mass is 330 g/mol. The summed E-state index contributed by atoms with van der Waals surface area (Å²) >= 11 is 9.58. The number of amides is 1. The smallest absolute Gasteiger partial charge is 0.222 e. The molecule has 1 saturated heterocycles. The molecule has 1 amide bonds. The highest BCUT2D eigenvalue weighted by molar-refractivity contribution is 9.10. The third-order valence-electron chi connectivity index (χ3n) is 3.22. The van der Waals surface area contributed by atoms with Gasteiger partial charge in [0.2, 0.25) is 5.91 Å². The van der Waals surface area contributed by atoms with E-state index in [4.69, 9.17) is 11.6 Å². The molecular formula is C13H16BrClN2O. The van der Waals surface area contributed by atoms with Crippen LogP contribution in [0, 0.1) is 0 Å². The summed E-state index contributed by atoms with van der Waals surface area (Å²) in [4.78, 5) is 13.2. The van der Waals surface area contributed by atoms with Crippen LogP contribution in [0.4, 0.5) is 0 Å². The summed E-state index contributed by atoms with van der Waals surface area (Å²) in [6.07, 6.45) is 1.52. The predicted molar refractivity (Wildman–Crippen MR) is 76.7 cm³/mol. The Labute approximate surface area is 121 Å². The molecule has 1 unspecified atom stereocenters. The molecule has 1 fully saturated rings. The fourth-order valence-corrected chi connectivity index (χ4v) is 2.70. The lowest BCUT2D eigenvalue weighted by molar-refractivity contribution is -0.132. The van der Waals surface area contributed by atoms with Crippen molar-refractivity contribution < 1.29 is 4.79 Å². The Morgan fingerprint density at radius 3 is 3.06 bits per heavy atom. The van der Waals surface area contributed by atoms with Crippen LogP contribution in [0.25, 0.3) is 0 Å². The van der Waals surface area contributed by atoms with Gasteiger partial charge in [0.25, 0.3) is 0 Å². The van der Waals surface area contributed by atoms with E-state index in [1.165, 1.54) is 0 Å². The Hall–Kier alpha value is -0.580. The second-order valence-electron chi connectivity index (χ2n) is 4.63. The number of benzene rings is 1. The molecule has 5 heteroatoms. The van der Waals surface area contributed by atoms with Gasteiger partial charge >= 0.3 is 0 Å². The third-order valence-corrected chi connectivity index (χ3v) is 4.08. The van der Waals surface area contributed by atoms with Crippen LogP contribution >= 0.6 is 27.5 Å². The Bertz CT molecular complexity index is 453. The van der Waals surface area contributed by atoms with E-state index in [-0.39, 0.29) is 5.91 Å². The lowest BCUT2D eigenvalue weighted by Crippen LogP contribution is -2.46. The molecule has 0 bridgehead atoms. The number of halogens is 2. The Morgan fingerprint density at radius 1 is 1.56 bits per heavy atom. The van der Waals surface area contributed by atoms with E-state index in [1.807, 2.05) is 25.2 Å². The van der Waals surface area contributed by atoms with E-state index in [2.05, 4.69) is 21.2 Å². The number of hydrogen-bond acceptors (Lipinski definition) is 2. The van der Waals surface area contributed by atoms with E-state index in [0.717, 1.165) is 34.6 Å². The van der Waals surface area contributed by atoms with Crippen LogP contribution in [0.3, 0.4) is 0 Å².